The fraction of sp³-hybridized carbons (Fsp3) is 0.588. The third kappa shape index (κ3) is 4.44. The molecule has 0 aromatic heterocycles. The SMILES string of the molecule is CC1(C)CCC(O)(CNCc2ccc(C#N)cc2Cl)CC1. The molecule has 1 aliphatic rings. The minimum atomic E-state index is -0.603. The van der Waals surface area contributed by atoms with Crippen molar-refractivity contribution in [2.75, 3.05) is 6.54 Å². The first kappa shape index (κ1) is 16.3. The minimum Gasteiger partial charge on any atom is -0.389 e. The van der Waals surface area contributed by atoms with E-state index in [2.05, 4.69) is 25.2 Å². The second-order valence-corrected chi connectivity index (χ2v) is 7.32. The van der Waals surface area contributed by atoms with Gasteiger partial charge in [-0.05, 0) is 48.8 Å². The molecule has 0 bridgehead atoms. The highest BCUT2D eigenvalue weighted by Gasteiger charge is 2.36. The number of nitrogens with one attached hydrogen (secondary N) is 1. The Kier molecular flexibility index (Phi) is 4.93. The zero-order valence-corrected chi connectivity index (χ0v) is 13.5. The van der Waals surface area contributed by atoms with E-state index in [1.165, 1.54) is 0 Å². The molecular weight excluding hydrogens is 284 g/mol. The Hall–Kier alpha value is -1.08. The van der Waals surface area contributed by atoms with Gasteiger partial charge in [0.2, 0.25) is 0 Å². The van der Waals surface area contributed by atoms with Crippen LogP contribution in [0.2, 0.25) is 5.02 Å². The average molecular weight is 307 g/mol. The molecule has 0 atom stereocenters. The molecule has 3 nitrogen and oxygen atoms in total. The molecule has 0 radical (unpaired) electrons. The van der Waals surface area contributed by atoms with E-state index in [-0.39, 0.29) is 0 Å². The molecule has 0 amide bonds. The van der Waals surface area contributed by atoms with Crippen molar-refractivity contribution >= 4 is 11.6 Å². The Balaban J connectivity index is 1.86. The van der Waals surface area contributed by atoms with Gasteiger partial charge < -0.3 is 10.4 Å². The van der Waals surface area contributed by atoms with Crippen molar-refractivity contribution in [2.45, 2.75) is 51.7 Å². The first-order valence-electron chi connectivity index (χ1n) is 7.45. The fourth-order valence-corrected chi connectivity index (χ4v) is 3.01. The molecular formula is C17H23ClN2O. The van der Waals surface area contributed by atoms with Gasteiger partial charge in [0.1, 0.15) is 0 Å². The molecule has 0 heterocycles. The number of rotatable bonds is 4. The summed E-state index contributed by atoms with van der Waals surface area (Å²) in [5.41, 5.74) is 1.27. The molecule has 0 spiro atoms. The summed E-state index contributed by atoms with van der Waals surface area (Å²) < 4.78 is 0. The van der Waals surface area contributed by atoms with Crippen LogP contribution in [-0.4, -0.2) is 17.3 Å². The number of halogens is 1. The van der Waals surface area contributed by atoms with E-state index in [0.29, 0.717) is 29.1 Å². The van der Waals surface area contributed by atoms with E-state index in [1.807, 2.05) is 6.07 Å². The van der Waals surface area contributed by atoms with Gasteiger partial charge in [0.15, 0.2) is 0 Å². The molecule has 2 rings (SSSR count). The summed E-state index contributed by atoms with van der Waals surface area (Å²) in [5.74, 6) is 0. The van der Waals surface area contributed by atoms with Gasteiger partial charge in [0.05, 0.1) is 17.2 Å². The molecule has 1 aromatic rings. The first-order valence-corrected chi connectivity index (χ1v) is 7.83. The monoisotopic (exact) mass is 306 g/mol. The van der Waals surface area contributed by atoms with Crippen molar-refractivity contribution in [3.8, 4) is 6.07 Å². The third-order valence-electron chi connectivity index (χ3n) is 4.49. The lowest BCUT2D eigenvalue weighted by atomic mass is 9.71. The summed E-state index contributed by atoms with van der Waals surface area (Å²) >= 11 is 6.15. The largest absolute Gasteiger partial charge is 0.389 e. The molecule has 114 valence electrons. The zero-order valence-electron chi connectivity index (χ0n) is 12.7. The number of benzene rings is 1. The number of hydrogen-bond donors (Lipinski definition) is 2. The fourth-order valence-electron chi connectivity index (χ4n) is 2.76. The van der Waals surface area contributed by atoms with Crippen molar-refractivity contribution in [3.63, 3.8) is 0 Å². The maximum Gasteiger partial charge on any atom is 0.0992 e. The average Bonchev–Trinajstić information content (AvgIpc) is 2.44. The Morgan fingerprint density at radius 2 is 1.95 bits per heavy atom. The van der Waals surface area contributed by atoms with Crippen molar-refractivity contribution < 1.29 is 5.11 Å². The predicted octanol–water partition coefficient (Wildman–Crippen LogP) is 3.63. The summed E-state index contributed by atoms with van der Waals surface area (Å²) in [4.78, 5) is 0. The van der Waals surface area contributed by atoms with Crippen LogP contribution in [0.4, 0.5) is 0 Å². The maximum absolute atomic E-state index is 10.6. The summed E-state index contributed by atoms with van der Waals surface area (Å²) in [6.07, 6.45) is 3.80. The predicted molar refractivity (Wildman–Crippen MR) is 85.1 cm³/mol. The number of hydrogen-bond acceptors (Lipinski definition) is 3. The van der Waals surface area contributed by atoms with Crippen molar-refractivity contribution in [1.29, 1.82) is 5.26 Å². The Morgan fingerprint density at radius 1 is 1.29 bits per heavy atom. The van der Waals surface area contributed by atoms with E-state index in [1.54, 1.807) is 12.1 Å². The quantitative estimate of drug-likeness (QED) is 0.893. The third-order valence-corrected chi connectivity index (χ3v) is 4.84. The van der Waals surface area contributed by atoms with Crippen LogP contribution in [0.3, 0.4) is 0 Å². The molecule has 0 aliphatic heterocycles. The van der Waals surface area contributed by atoms with Crippen molar-refractivity contribution in [3.05, 3.63) is 34.3 Å². The Morgan fingerprint density at radius 3 is 2.52 bits per heavy atom. The lowest BCUT2D eigenvalue weighted by molar-refractivity contribution is -0.0245. The molecule has 0 saturated heterocycles. The van der Waals surface area contributed by atoms with Crippen LogP contribution in [0.15, 0.2) is 18.2 Å². The van der Waals surface area contributed by atoms with Crippen molar-refractivity contribution in [2.24, 2.45) is 5.41 Å². The zero-order chi connectivity index (χ0) is 15.5. The van der Waals surface area contributed by atoms with E-state index in [9.17, 15) is 5.11 Å². The van der Waals surface area contributed by atoms with Gasteiger partial charge in [-0.25, -0.2) is 0 Å². The maximum atomic E-state index is 10.6. The summed E-state index contributed by atoms with van der Waals surface area (Å²) in [6.45, 7) is 5.71. The van der Waals surface area contributed by atoms with E-state index in [0.717, 1.165) is 31.2 Å². The molecule has 21 heavy (non-hydrogen) atoms. The van der Waals surface area contributed by atoms with Gasteiger partial charge >= 0.3 is 0 Å². The highest BCUT2D eigenvalue weighted by Crippen LogP contribution is 2.39. The van der Waals surface area contributed by atoms with Gasteiger partial charge in [-0.2, -0.15) is 5.26 Å². The van der Waals surface area contributed by atoms with Crippen LogP contribution in [0, 0.1) is 16.7 Å². The summed E-state index contributed by atoms with van der Waals surface area (Å²) in [7, 11) is 0. The standard InChI is InChI=1S/C17H23ClN2O/c1-16(2)5-7-17(21,8-6-16)12-20-11-14-4-3-13(10-19)9-15(14)18/h3-4,9,20-21H,5-8,11-12H2,1-2H3. The molecule has 1 fully saturated rings. The van der Waals surface area contributed by atoms with Crippen LogP contribution < -0.4 is 5.32 Å². The lowest BCUT2D eigenvalue weighted by Gasteiger charge is -2.40. The van der Waals surface area contributed by atoms with Gasteiger partial charge in [-0.1, -0.05) is 31.5 Å². The van der Waals surface area contributed by atoms with Crippen LogP contribution in [0.1, 0.15) is 50.7 Å². The Labute approximate surface area is 131 Å². The normalized spacial score (nSPS) is 20.0. The highest BCUT2D eigenvalue weighted by molar-refractivity contribution is 6.31. The number of nitrogens with zero attached hydrogens (tertiary/aromatic N) is 1. The van der Waals surface area contributed by atoms with Crippen LogP contribution in [0.25, 0.3) is 0 Å². The molecule has 1 aromatic carbocycles. The first-order chi connectivity index (χ1) is 9.84. The van der Waals surface area contributed by atoms with Crippen LogP contribution in [-0.2, 0) is 6.54 Å². The molecule has 0 unspecified atom stereocenters. The summed E-state index contributed by atoms with van der Waals surface area (Å²) in [5, 5.41) is 23.3. The van der Waals surface area contributed by atoms with Gasteiger partial charge in [0.25, 0.3) is 0 Å². The smallest absolute Gasteiger partial charge is 0.0992 e. The topological polar surface area (TPSA) is 56.0 Å². The van der Waals surface area contributed by atoms with Gasteiger partial charge in [0, 0.05) is 18.1 Å². The highest BCUT2D eigenvalue weighted by atomic mass is 35.5. The molecule has 1 saturated carbocycles. The molecule has 2 N–H and O–H groups in total. The minimum absolute atomic E-state index is 0.350. The second kappa shape index (κ2) is 6.36. The second-order valence-electron chi connectivity index (χ2n) is 6.91. The molecule has 4 heteroatoms. The van der Waals surface area contributed by atoms with Gasteiger partial charge in [-0.15, -0.1) is 0 Å². The lowest BCUT2D eigenvalue weighted by Crippen LogP contribution is -2.44. The molecule has 1 aliphatic carbocycles. The Bertz CT molecular complexity index is 538. The van der Waals surface area contributed by atoms with E-state index in [4.69, 9.17) is 16.9 Å². The van der Waals surface area contributed by atoms with E-state index < -0.39 is 5.60 Å². The number of nitriles is 1. The van der Waals surface area contributed by atoms with Gasteiger partial charge in [-0.3, -0.25) is 0 Å². The van der Waals surface area contributed by atoms with Crippen LogP contribution >= 0.6 is 11.6 Å². The van der Waals surface area contributed by atoms with E-state index >= 15 is 0 Å². The van der Waals surface area contributed by atoms with Crippen LogP contribution in [0.5, 0.6) is 0 Å². The van der Waals surface area contributed by atoms with Crippen molar-refractivity contribution in [1.82, 2.24) is 5.32 Å². The number of aliphatic hydroxyl groups is 1. The summed E-state index contributed by atoms with van der Waals surface area (Å²) in [6, 6.07) is 7.38.